The number of ether oxygens (including phenoxy) is 1. The highest BCUT2D eigenvalue weighted by Crippen LogP contribution is 2.21. The molecule has 0 saturated carbocycles. The molecule has 0 radical (unpaired) electrons. The zero-order valence-corrected chi connectivity index (χ0v) is 10.4. The third kappa shape index (κ3) is 4.34. The number of phenolic OH excluding ortho intramolecular Hbond substituents is 1. The van der Waals surface area contributed by atoms with Crippen molar-refractivity contribution in [3.63, 3.8) is 0 Å². The first-order chi connectivity index (χ1) is 8.19. The Morgan fingerprint density at radius 3 is 2.82 bits per heavy atom. The molecule has 0 aromatic heterocycles. The van der Waals surface area contributed by atoms with Crippen LogP contribution >= 0.6 is 0 Å². The monoisotopic (exact) mass is 239 g/mol. The summed E-state index contributed by atoms with van der Waals surface area (Å²) in [5.41, 5.74) is 1.73. The molecule has 0 aliphatic heterocycles. The summed E-state index contributed by atoms with van der Waals surface area (Å²) in [6, 6.07) is 5.78. The molecule has 0 bridgehead atoms. The van der Waals surface area contributed by atoms with Crippen molar-refractivity contribution in [2.45, 2.75) is 25.9 Å². The van der Waals surface area contributed by atoms with Crippen molar-refractivity contribution in [3.8, 4) is 5.75 Å². The Balaban J connectivity index is 2.55. The lowest BCUT2D eigenvalue weighted by Crippen LogP contribution is -2.33. The SMILES string of the molecule is COCC(CCO)NCc1cccc(C)c1O. The Hall–Kier alpha value is -1.10. The molecule has 4 nitrogen and oxygen atoms in total. The molecule has 4 heteroatoms. The lowest BCUT2D eigenvalue weighted by Gasteiger charge is -2.17. The van der Waals surface area contributed by atoms with Crippen molar-refractivity contribution in [2.24, 2.45) is 0 Å². The summed E-state index contributed by atoms with van der Waals surface area (Å²) in [4.78, 5) is 0. The van der Waals surface area contributed by atoms with Gasteiger partial charge < -0.3 is 20.3 Å². The number of rotatable bonds is 7. The van der Waals surface area contributed by atoms with E-state index in [1.807, 2.05) is 25.1 Å². The van der Waals surface area contributed by atoms with Crippen LogP contribution in [0.25, 0.3) is 0 Å². The van der Waals surface area contributed by atoms with Gasteiger partial charge >= 0.3 is 0 Å². The number of nitrogens with one attached hydrogen (secondary N) is 1. The van der Waals surface area contributed by atoms with Crippen LogP contribution in [-0.4, -0.2) is 36.6 Å². The molecule has 0 aliphatic rings. The van der Waals surface area contributed by atoms with Gasteiger partial charge in [-0.3, -0.25) is 0 Å². The van der Waals surface area contributed by atoms with Crippen LogP contribution in [-0.2, 0) is 11.3 Å². The summed E-state index contributed by atoms with van der Waals surface area (Å²) in [5.74, 6) is 0.333. The third-order valence-corrected chi connectivity index (χ3v) is 2.75. The van der Waals surface area contributed by atoms with E-state index in [2.05, 4.69) is 5.32 Å². The zero-order valence-electron chi connectivity index (χ0n) is 10.4. The number of aryl methyl sites for hydroxylation is 1. The highest BCUT2D eigenvalue weighted by Gasteiger charge is 2.09. The number of methoxy groups -OCH3 is 1. The smallest absolute Gasteiger partial charge is 0.122 e. The number of hydrogen-bond acceptors (Lipinski definition) is 4. The van der Waals surface area contributed by atoms with Crippen LogP contribution in [0.4, 0.5) is 0 Å². The Morgan fingerprint density at radius 2 is 2.18 bits per heavy atom. The van der Waals surface area contributed by atoms with E-state index in [-0.39, 0.29) is 12.6 Å². The van der Waals surface area contributed by atoms with E-state index < -0.39 is 0 Å². The predicted molar refractivity (Wildman–Crippen MR) is 67.1 cm³/mol. The van der Waals surface area contributed by atoms with Gasteiger partial charge in [-0.2, -0.15) is 0 Å². The minimum absolute atomic E-state index is 0.102. The number of aromatic hydroxyl groups is 1. The second-order valence-corrected chi connectivity index (χ2v) is 4.13. The molecule has 1 rings (SSSR count). The molecule has 96 valence electrons. The molecule has 0 aliphatic carbocycles. The van der Waals surface area contributed by atoms with Gasteiger partial charge in [-0.15, -0.1) is 0 Å². The quantitative estimate of drug-likeness (QED) is 0.669. The predicted octanol–water partition coefficient (Wildman–Crippen LogP) is 1.19. The second kappa shape index (κ2) is 7.27. The lowest BCUT2D eigenvalue weighted by molar-refractivity contribution is 0.148. The van der Waals surface area contributed by atoms with Crippen LogP contribution < -0.4 is 5.32 Å². The summed E-state index contributed by atoms with van der Waals surface area (Å²) in [6.45, 7) is 3.12. The number of para-hydroxylation sites is 1. The van der Waals surface area contributed by atoms with Crippen LogP contribution in [0.15, 0.2) is 18.2 Å². The molecule has 0 amide bonds. The van der Waals surface area contributed by atoms with Crippen LogP contribution in [0.5, 0.6) is 5.75 Å². The van der Waals surface area contributed by atoms with Crippen molar-refractivity contribution in [2.75, 3.05) is 20.3 Å². The summed E-state index contributed by atoms with van der Waals surface area (Å²) in [7, 11) is 1.64. The van der Waals surface area contributed by atoms with Gasteiger partial charge in [0, 0.05) is 31.9 Å². The number of aliphatic hydroxyl groups excluding tert-OH is 1. The fraction of sp³-hybridized carbons (Fsp3) is 0.538. The maximum atomic E-state index is 9.85. The molecule has 3 N–H and O–H groups in total. The summed E-state index contributed by atoms with van der Waals surface area (Å²) in [6.07, 6.45) is 0.639. The van der Waals surface area contributed by atoms with E-state index in [1.165, 1.54) is 0 Å². The van der Waals surface area contributed by atoms with Gasteiger partial charge in [0.05, 0.1) is 6.61 Å². The van der Waals surface area contributed by atoms with E-state index in [9.17, 15) is 5.11 Å². The molecule has 0 fully saturated rings. The molecule has 17 heavy (non-hydrogen) atoms. The number of hydrogen-bond donors (Lipinski definition) is 3. The summed E-state index contributed by atoms with van der Waals surface area (Å²) < 4.78 is 5.06. The summed E-state index contributed by atoms with van der Waals surface area (Å²) >= 11 is 0. The maximum Gasteiger partial charge on any atom is 0.122 e. The average Bonchev–Trinajstić information content (AvgIpc) is 2.31. The zero-order chi connectivity index (χ0) is 12.7. The largest absolute Gasteiger partial charge is 0.507 e. The van der Waals surface area contributed by atoms with Crippen molar-refractivity contribution in [1.29, 1.82) is 0 Å². The first-order valence-electron chi connectivity index (χ1n) is 5.79. The summed E-state index contributed by atoms with van der Waals surface area (Å²) in [5, 5.41) is 22.0. The third-order valence-electron chi connectivity index (χ3n) is 2.75. The number of phenols is 1. The highest BCUT2D eigenvalue weighted by atomic mass is 16.5. The van der Waals surface area contributed by atoms with Gasteiger partial charge in [-0.05, 0) is 18.9 Å². The van der Waals surface area contributed by atoms with Gasteiger partial charge in [0.2, 0.25) is 0 Å². The second-order valence-electron chi connectivity index (χ2n) is 4.13. The minimum Gasteiger partial charge on any atom is -0.507 e. The van der Waals surface area contributed by atoms with Gasteiger partial charge in [-0.1, -0.05) is 18.2 Å². The van der Waals surface area contributed by atoms with Crippen LogP contribution in [0.2, 0.25) is 0 Å². The fourth-order valence-electron chi connectivity index (χ4n) is 1.72. The Bertz CT molecular complexity index is 335. The molecule has 0 saturated heterocycles. The number of benzene rings is 1. The standard InChI is InChI=1S/C13H21NO3/c1-10-4-3-5-11(13(10)16)8-14-12(6-7-15)9-17-2/h3-5,12,14-16H,6-9H2,1-2H3. The molecule has 0 heterocycles. The molecular weight excluding hydrogens is 218 g/mol. The van der Waals surface area contributed by atoms with E-state index in [0.717, 1.165) is 11.1 Å². The van der Waals surface area contributed by atoms with E-state index in [0.29, 0.717) is 25.3 Å². The van der Waals surface area contributed by atoms with E-state index in [1.54, 1.807) is 7.11 Å². The maximum absolute atomic E-state index is 9.85. The molecule has 1 aromatic carbocycles. The Morgan fingerprint density at radius 1 is 1.41 bits per heavy atom. The Labute approximate surface area is 102 Å². The van der Waals surface area contributed by atoms with Crippen molar-refractivity contribution >= 4 is 0 Å². The lowest BCUT2D eigenvalue weighted by atomic mass is 10.1. The van der Waals surface area contributed by atoms with Crippen LogP contribution in [0.3, 0.4) is 0 Å². The average molecular weight is 239 g/mol. The van der Waals surface area contributed by atoms with Crippen molar-refractivity contribution in [1.82, 2.24) is 5.32 Å². The molecule has 0 spiro atoms. The topological polar surface area (TPSA) is 61.7 Å². The highest BCUT2D eigenvalue weighted by molar-refractivity contribution is 5.39. The van der Waals surface area contributed by atoms with Gasteiger partial charge in [0.1, 0.15) is 5.75 Å². The molecular formula is C13H21NO3. The van der Waals surface area contributed by atoms with Crippen molar-refractivity contribution < 1.29 is 14.9 Å². The normalized spacial score (nSPS) is 12.6. The van der Waals surface area contributed by atoms with Crippen LogP contribution in [0.1, 0.15) is 17.5 Å². The minimum atomic E-state index is 0.102. The molecule has 1 atom stereocenters. The Kier molecular flexibility index (Phi) is 5.97. The molecule has 1 unspecified atom stereocenters. The van der Waals surface area contributed by atoms with Gasteiger partial charge in [0.15, 0.2) is 0 Å². The van der Waals surface area contributed by atoms with Gasteiger partial charge in [0.25, 0.3) is 0 Å². The van der Waals surface area contributed by atoms with E-state index in [4.69, 9.17) is 9.84 Å². The van der Waals surface area contributed by atoms with Gasteiger partial charge in [-0.25, -0.2) is 0 Å². The molecule has 1 aromatic rings. The first-order valence-corrected chi connectivity index (χ1v) is 5.79. The van der Waals surface area contributed by atoms with Crippen molar-refractivity contribution in [3.05, 3.63) is 29.3 Å². The van der Waals surface area contributed by atoms with Crippen LogP contribution in [0, 0.1) is 6.92 Å². The number of aliphatic hydroxyl groups is 1. The first kappa shape index (κ1) is 14.0. The van der Waals surface area contributed by atoms with E-state index >= 15 is 0 Å². The fourth-order valence-corrected chi connectivity index (χ4v) is 1.72.